The van der Waals surface area contributed by atoms with E-state index in [1.807, 2.05) is 49.4 Å². The van der Waals surface area contributed by atoms with Gasteiger partial charge >= 0.3 is 5.97 Å². The number of aromatic nitrogens is 1. The third-order valence-electron chi connectivity index (χ3n) is 4.39. The van der Waals surface area contributed by atoms with Crippen LogP contribution >= 0.6 is 27.5 Å². The lowest BCUT2D eigenvalue weighted by Crippen LogP contribution is -2.23. The molecule has 5 nitrogen and oxygen atoms in total. The zero-order chi connectivity index (χ0) is 20.8. The molecular weight excluding hydrogens is 456 g/mol. The smallest absolute Gasteiger partial charge is 0.337 e. The second-order valence-electron chi connectivity index (χ2n) is 6.39. The van der Waals surface area contributed by atoms with Crippen molar-refractivity contribution < 1.29 is 14.6 Å². The Hall–Kier alpha value is -2.57. The van der Waals surface area contributed by atoms with Crippen molar-refractivity contribution in [2.75, 3.05) is 11.4 Å². The van der Waals surface area contributed by atoms with Gasteiger partial charge in [-0.3, -0.25) is 0 Å². The summed E-state index contributed by atoms with van der Waals surface area (Å²) in [5.41, 5.74) is 2.19. The summed E-state index contributed by atoms with van der Waals surface area (Å²) in [4.78, 5) is 17.4. The fraction of sp³-hybridized carbons (Fsp3) is 0.182. The van der Waals surface area contributed by atoms with E-state index in [1.54, 1.807) is 12.1 Å². The number of hydrogen-bond acceptors (Lipinski definition) is 4. The van der Waals surface area contributed by atoms with E-state index >= 15 is 0 Å². The lowest BCUT2D eigenvalue weighted by Gasteiger charge is -2.23. The fourth-order valence-corrected chi connectivity index (χ4v) is 3.35. The summed E-state index contributed by atoms with van der Waals surface area (Å²) in [5.74, 6) is 0.502. The van der Waals surface area contributed by atoms with Crippen LogP contribution in [0.15, 0.2) is 65.3 Å². The van der Waals surface area contributed by atoms with E-state index in [0.717, 1.165) is 21.3 Å². The highest BCUT2D eigenvalue weighted by molar-refractivity contribution is 9.10. The van der Waals surface area contributed by atoms with Crippen LogP contribution in [0.2, 0.25) is 5.02 Å². The molecule has 0 unspecified atom stereocenters. The van der Waals surface area contributed by atoms with Crippen LogP contribution in [0, 0.1) is 0 Å². The van der Waals surface area contributed by atoms with Crippen LogP contribution in [-0.2, 0) is 13.2 Å². The highest BCUT2D eigenvalue weighted by Gasteiger charge is 2.13. The number of halogens is 2. The molecule has 0 saturated carbocycles. The van der Waals surface area contributed by atoms with Crippen molar-refractivity contribution >= 4 is 39.3 Å². The van der Waals surface area contributed by atoms with E-state index in [1.165, 1.54) is 6.20 Å². The molecule has 0 radical (unpaired) electrons. The molecule has 1 aromatic heterocycles. The maximum atomic E-state index is 11.0. The first-order valence-corrected chi connectivity index (χ1v) is 10.2. The first-order valence-electron chi connectivity index (χ1n) is 9.06. The Labute approximate surface area is 183 Å². The van der Waals surface area contributed by atoms with Gasteiger partial charge in [0.1, 0.15) is 18.2 Å². The van der Waals surface area contributed by atoms with Crippen molar-refractivity contribution in [3.05, 3.63) is 87.0 Å². The molecule has 0 aliphatic heterocycles. The van der Waals surface area contributed by atoms with Crippen LogP contribution < -0.4 is 9.64 Å². The number of nitrogens with zero attached hydrogens (tertiary/aromatic N) is 2. The molecule has 1 N–H and O–H groups in total. The number of carbonyl (C=O) groups is 1. The van der Waals surface area contributed by atoms with Crippen LogP contribution in [0.25, 0.3) is 0 Å². The minimum Gasteiger partial charge on any atom is -0.489 e. The summed E-state index contributed by atoms with van der Waals surface area (Å²) >= 11 is 9.46. The molecule has 0 saturated heterocycles. The average Bonchev–Trinajstić information content (AvgIpc) is 2.72. The van der Waals surface area contributed by atoms with Crippen molar-refractivity contribution in [2.24, 2.45) is 0 Å². The van der Waals surface area contributed by atoms with Gasteiger partial charge in [-0.25, -0.2) is 9.78 Å². The third kappa shape index (κ3) is 5.71. The molecule has 29 heavy (non-hydrogen) atoms. The van der Waals surface area contributed by atoms with Gasteiger partial charge in [-0.1, -0.05) is 39.7 Å². The quantitative estimate of drug-likeness (QED) is 0.446. The molecule has 3 aromatic rings. The van der Waals surface area contributed by atoms with E-state index in [9.17, 15) is 4.79 Å². The van der Waals surface area contributed by atoms with Gasteiger partial charge in [0.05, 0.1) is 5.56 Å². The summed E-state index contributed by atoms with van der Waals surface area (Å²) in [7, 11) is 0. The Morgan fingerprint density at radius 3 is 2.55 bits per heavy atom. The van der Waals surface area contributed by atoms with E-state index in [2.05, 4.69) is 25.8 Å². The molecule has 0 amide bonds. The summed E-state index contributed by atoms with van der Waals surface area (Å²) in [6, 6.07) is 16.7. The fourth-order valence-electron chi connectivity index (χ4n) is 2.81. The molecule has 7 heteroatoms. The molecule has 3 rings (SSSR count). The molecule has 150 valence electrons. The highest BCUT2D eigenvalue weighted by Crippen LogP contribution is 2.27. The van der Waals surface area contributed by atoms with Crippen molar-refractivity contribution in [3.8, 4) is 5.75 Å². The Bertz CT molecular complexity index is 978. The Morgan fingerprint density at radius 2 is 1.93 bits per heavy atom. The molecule has 0 aliphatic rings. The third-order valence-corrected chi connectivity index (χ3v) is 5.14. The van der Waals surface area contributed by atoms with Gasteiger partial charge in [0, 0.05) is 34.3 Å². The molecular formula is C22H20BrClN2O3. The number of ether oxygens (including phenoxy) is 1. The predicted molar refractivity (Wildman–Crippen MR) is 118 cm³/mol. The Balaban J connectivity index is 1.78. The first kappa shape index (κ1) is 21.1. The number of pyridine rings is 1. The highest BCUT2D eigenvalue weighted by atomic mass is 79.9. The van der Waals surface area contributed by atoms with Crippen LogP contribution in [0.1, 0.15) is 28.4 Å². The predicted octanol–water partition coefficient (Wildman–Crippen LogP) is 5.80. The zero-order valence-corrected chi connectivity index (χ0v) is 18.2. The van der Waals surface area contributed by atoms with E-state index in [-0.39, 0.29) is 5.56 Å². The van der Waals surface area contributed by atoms with E-state index in [4.69, 9.17) is 21.4 Å². The molecule has 0 atom stereocenters. The molecule has 0 spiro atoms. The van der Waals surface area contributed by atoms with Crippen LogP contribution in [0.5, 0.6) is 5.75 Å². The van der Waals surface area contributed by atoms with Crippen molar-refractivity contribution in [1.29, 1.82) is 0 Å². The summed E-state index contributed by atoms with van der Waals surface area (Å²) in [6.07, 6.45) is 1.37. The van der Waals surface area contributed by atoms with E-state index < -0.39 is 5.97 Å². The summed E-state index contributed by atoms with van der Waals surface area (Å²) in [5, 5.41) is 9.75. The van der Waals surface area contributed by atoms with Crippen LogP contribution in [0.4, 0.5) is 5.82 Å². The number of carboxylic acid groups (broad SMARTS) is 1. The van der Waals surface area contributed by atoms with E-state index in [0.29, 0.717) is 30.5 Å². The average molecular weight is 476 g/mol. The SMILES string of the molecule is CCN(Cc1cc(Br)ccc1OCc1ccc(Cl)cc1)c1ccc(C(=O)O)cn1. The Kier molecular flexibility index (Phi) is 7.12. The summed E-state index contributed by atoms with van der Waals surface area (Å²) in [6.45, 7) is 3.75. The molecule has 0 fully saturated rings. The van der Waals surface area contributed by atoms with Gasteiger partial charge < -0.3 is 14.7 Å². The van der Waals surface area contributed by atoms with Crippen LogP contribution in [-0.4, -0.2) is 22.6 Å². The van der Waals surface area contributed by atoms with Gasteiger partial charge in [-0.2, -0.15) is 0 Å². The van der Waals surface area contributed by atoms with Gasteiger partial charge in [0.15, 0.2) is 0 Å². The lowest BCUT2D eigenvalue weighted by molar-refractivity contribution is 0.0696. The topological polar surface area (TPSA) is 62.7 Å². The van der Waals surface area contributed by atoms with Gasteiger partial charge in [0.25, 0.3) is 0 Å². The molecule has 0 aliphatic carbocycles. The summed E-state index contributed by atoms with van der Waals surface area (Å²) < 4.78 is 7.02. The first-order chi connectivity index (χ1) is 14.0. The number of aromatic carboxylic acids is 1. The minimum absolute atomic E-state index is 0.166. The number of carboxylic acids is 1. The van der Waals surface area contributed by atoms with Gasteiger partial charge in [-0.05, 0) is 55.0 Å². The Morgan fingerprint density at radius 1 is 1.17 bits per heavy atom. The zero-order valence-electron chi connectivity index (χ0n) is 15.8. The van der Waals surface area contributed by atoms with Gasteiger partial charge in [0.2, 0.25) is 0 Å². The van der Waals surface area contributed by atoms with Gasteiger partial charge in [-0.15, -0.1) is 0 Å². The maximum Gasteiger partial charge on any atom is 0.337 e. The molecule has 2 aromatic carbocycles. The molecule has 1 heterocycles. The van der Waals surface area contributed by atoms with Crippen molar-refractivity contribution in [1.82, 2.24) is 4.98 Å². The number of hydrogen-bond donors (Lipinski definition) is 1. The second kappa shape index (κ2) is 9.76. The number of rotatable bonds is 8. The normalized spacial score (nSPS) is 10.6. The largest absolute Gasteiger partial charge is 0.489 e. The second-order valence-corrected chi connectivity index (χ2v) is 7.74. The molecule has 0 bridgehead atoms. The lowest BCUT2D eigenvalue weighted by atomic mass is 10.1. The maximum absolute atomic E-state index is 11.0. The van der Waals surface area contributed by atoms with Crippen molar-refractivity contribution in [2.45, 2.75) is 20.1 Å². The number of benzene rings is 2. The number of anilines is 1. The monoisotopic (exact) mass is 474 g/mol. The standard InChI is InChI=1S/C22H20BrClN2O3/c1-2-26(21-10-5-16(12-25-21)22(27)28)13-17-11-18(23)6-9-20(17)29-14-15-3-7-19(24)8-4-15/h3-12H,2,13-14H2,1H3,(H,27,28). The minimum atomic E-state index is -0.989. The van der Waals surface area contributed by atoms with Crippen molar-refractivity contribution in [3.63, 3.8) is 0 Å². The van der Waals surface area contributed by atoms with Crippen LogP contribution in [0.3, 0.4) is 0 Å².